The average Bonchev–Trinajstić information content (AvgIpc) is 3.48. The van der Waals surface area contributed by atoms with Gasteiger partial charge in [0.25, 0.3) is 0 Å². The van der Waals surface area contributed by atoms with Crippen molar-refractivity contribution in [2.24, 2.45) is 0 Å². The molecule has 0 atom stereocenters. The number of furan rings is 1. The number of nitrogens with zero attached hydrogens (tertiary/aromatic N) is 4. The van der Waals surface area contributed by atoms with Crippen molar-refractivity contribution >= 4 is 34.7 Å². The van der Waals surface area contributed by atoms with Gasteiger partial charge in [0, 0.05) is 22.1 Å². The normalized spacial score (nSPS) is 11.3. The van der Waals surface area contributed by atoms with Crippen molar-refractivity contribution in [1.82, 2.24) is 19.7 Å². The van der Waals surface area contributed by atoms with Crippen LogP contribution in [-0.2, 0) is 18.9 Å². The standard InChI is InChI=1S/C21H21ClN4O2S2/c1-14(2)20-24-25-21(26(20)10-18-4-3-9-27-18)30-13-16-12-29-19(23-16)11-28-17-7-5-15(22)6-8-17/h3-9,12,14H,10-11,13H2,1-2H3. The van der Waals surface area contributed by atoms with Gasteiger partial charge >= 0.3 is 0 Å². The van der Waals surface area contributed by atoms with E-state index < -0.39 is 0 Å². The summed E-state index contributed by atoms with van der Waals surface area (Å²) in [5.74, 6) is 3.60. The maximum Gasteiger partial charge on any atom is 0.192 e. The highest BCUT2D eigenvalue weighted by Crippen LogP contribution is 2.26. The molecule has 0 amide bonds. The minimum atomic E-state index is 0.276. The first-order valence-corrected chi connectivity index (χ1v) is 11.7. The van der Waals surface area contributed by atoms with Crippen molar-refractivity contribution in [3.05, 3.63) is 75.4 Å². The van der Waals surface area contributed by atoms with E-state index >= 15 is 0 Å². The Balaban J connectivity index is 1.38. The van der Waals surface area contributed by atoms with E-state index in [1.54, 1.807) is 29.4 Å². The summed E-state index contributed by atoms with van der Waals surface area (Å²) in [6.07, 6.45) is 1.68. The van der Waals surface area contributed by atoms with Crippen LogP contribution in [0.4, 0.5) is 0 Å². The van der Waals surface area contributed by atoms with Crippen LogP contribution in [0.3, 0.4) is 0 Å². The van der Waals surface area contributed by atoms with E-state index in [4.69, 9.17) is 20.8 Å². The van der Waals surface area contributed by atoms with Gasteiger partial charge in [0.05, 0.1) is 18.5 Å². The summed E-state index contributed by atoms with van der Waals surface area (Å²) in [4.78, 5) is 4.68. The van der Waals surface area contributed by atoms with Crippen LogP contribution in [0, 0.1) is 0 Å². The lowest BCUT2D eigenvalue weighted by atomic mass is 10.2. The van der Waals surface area contributed by atoms with Gasteiger partial charge in [-0.2, -0.15) is 0 Å². The molecule has 156 valence electrons. The van der Waals surface area contributed by atoms with Crippen LogP contribution in [0.1, 0.15) is 42.1 Å². The molecule has 0 radical (unpaired) electrons. The first-order chi connectivity index (χ1) is 14.6. The first-order valence-electron chi connectivity index (χ1n) is 9.48. The zero-order valence-corrected chi connectivity index (χ0v) is 19.0. The highest BCUT2D eigenvalue weighted by atomic mass is 35.5. The number of aromatic nitrogens is 4. The topological polar surface area (TPSA) is 66.0 Å². The van der Waals surface area contributed by atoms with Gasteiger partial charge in [-0.3, -0.25) is 4.57 Å². The molecule has 0 spiro atoms. The molecule has 9 heteroatoms. The third-order valence-corrected chi connectivity index (χ3v) is 6.40. The van der Waals surface area contributed by atoms with E-state index in [0.717, 1.165) is 33.2 Å². The molecule has 0 aliphatic carbocycles. The quantitative estimate of drug-likeness (QED) is 0.284. The molecule has 4 rings (SSSR count). The van der Waals surface area contributed by atoms with Crippen molar-refractivity contribution in [3.8, 4) is 5.75 Å². The number of thiazole rings is 1. The molecule has 4 aromatic rings. The molecule has 0 fully saturated rings. The summed E-state index contributed by atoms with van der Waals surface area (Å²) >= 11 is 9.12. The van der Waals surface area contributed by atoms with Crippen LogP contribution in [0.15, 0.2) is 57.6 Å². The van der Waals surface area contributed by atoms with Gasteiger partial charge in [-0.25, -0.2) is 4.98 Å². The van der Waals surface area contributed by atoms with Gasteiger partial charge in [0.15, 0.2) is 5.16 Å². The Morgan fingerprint density at radius 1 is 1.20 bits per heavy atom. The average molecular weight is 461 g/mol. The van der Waals surface area contributed by atoms with Gasteiger partial charge in [-0.05, 0) is 36.4 Å². The van der Waals surface area contributed by atoms with Crippen molar-refractivity contribution in [2.75, 3.05) is 0 Å². The van der Waals surface area contributed by atoms with Gasteiger partial charge in [-0.1, -0.05) is 37.2 Å². The lowest BCUT2D eigenvalue weighted by Crippen LogP contribution is -2.07. The Labute approximate surface area is 188 Å². The summed E-state index contributed by atoms with van der Waals surface area (Å²) < 4.78 is 13.4. The molecular weight excluding hydrogens is 440 g/mol. The lowest BCUT2D eigenvalue weighted by molar-refractivity contribution is 0.305. The largest absolute Gasteiger partial charge is 0.486 e. The van der Waals surface area contributed by atoms with Crippen molar-refractivity contribution < 1.29 is 9.15 Å². The van der Waals surface area contributed by atoms with E-state index in [1.807, 2.05) is 36.4 Å². The molecule has 30 heavy (non-hydrogen) atoms. The van der Waals surface area contributed by atoms with Crippen LogP contribution in [0.5, 0.6) is 5.75 Å². The zero-order chi connectivity index (χ0) is 20.9. The highest BCUT2D eigenvalue weighted by molar-refractivity contribution is 7.98. The van der Waals surface area contributed by atoms with E-state index in [0.29, 0.717) is 23.9 Å². The second kappa shape index (κ2) is 9.68. The first kappa shape index (κ1) is 21.0. The van der Waals surface area contributed by atoms with Crippen LogP contribution in [-0.4, -0.2) is 19.7 Å². The van der Waals surface area contributed by atoms with Crippen molar-refractivity contribution in [2.45, 2.75) is 43.8 Å². The molecule has 0 aliphatic heterocycles. The molecule has 0 saturated heterocycles. The minimum absolute atomic E-state index is 0.276. The van der Waals surface area contributed by atoms with Gasteiger partial charge in [-0.15, -0.1) is 21.5 Å². The Bertz CT molecular complexity index is 1080. The highest BCUT2D eigenvalue weighted by Gasteiger charge is 2.17. The second-order valence-electron chi connectivity index (χ2n) is 6.92. The molecule has 0 unspecified atom stereocenters. The predicted octanol–water partition coefficient (Wildman–Crippen LogP) is 6.02. The minimum Gasteiger partial charge on any atom is -0.486 e. The van der Waals surface area contributed by atoms with E-state index in [9.17, 15) is 0 Å². The molecule has 3 heterocycles. The Morgan fingerprint density at radius 2 is 2.03 bits per heavy atom. The summed E-state index contributed by atoms with van der Waals surface area (Å²) in [6, 6.07) is 11.2. The molecule has 0 bridgehead atoms. The monoisotopic (exact) mass is 460 g/mol. The molecule has 0 N–H and O–H groups in total. The molecule has 0 aliphatic rings. The zero-order valence-electron chi connectivity index (χ0n) is 16.6. The van der Waals surface area contributed by atoms with Crippen molar-refractivity contribution in [3.63, 3.8) is 0 Å². The predicted molar refractivity (Wildman–Crippen MR) is 119 cm³/mol. The van der Waals surface area contributed by atoms with E-state index in [2.05, 4.69) is 39.0 Å². The van der Waals surface area contributed by atoms with E-state index in [1.165, 1.54) is 0 Å². The van der Waals surface area contributed by atoms with Crippen LogP contribution in [0.2, 0.25) is 5.02 Å². The van der Waals surface area contributed by atoms with Gasteiger partial charge in [0.1, 0.15) is 28.9 Å². The molecular formula is C21H21ClN4O2S2. The number of ether oxygens (including phenoxy) is 1. The Kier molecular flexibility index (Phi) is 6.76. The Morgan fingerprint density at radius 3 is 2.77 bits per heavy atom. The molecule has 0 saturated carbocycles. The fourth-order valence-corrected chi connectivity index (χ4v) is 4.61. The SMILES string of the molecule is CC(C)c1nnc(SCc2csc(COc3ccc(Cl)cc3)n2)n1Cc1ccco1. The number of rotatable bonds is 9. The molecule has 6 nitrogen and oxygen atoms in total. The summed E-state index contributed by atoms with van der Waals surface area (Å²) in [5, 5.41) is 13.3. The fraction of sp³-hybridized carbons (Fsp3) is 0.286. The number of thioether (sulfide) groups is 1. The van der Waals surface area contributed by atoms with Gasteiger partial charge in [0.2, 0.25) is 0 Å². The van der Waals surface area contributed by atoms with Gasteiger partial charge < -0.3 is 9.15 Å². The maximum absolute atomic E-state index is 5.90. The maximum atomic E-state index is 5.90. The third-order valence-electron chi connectivity index (χ3n) is 4.28. The van der Waals surface area contributed by atoms with Crippen molar-refractivity contribution in [1.29, 1.82) is 0 Å². The number of halogens is 1. The summed E-state index contributed by atoms with van der Waals surface area (Å²) in [5.41, 5.74) is 0.998. The lowest BCUT2D eigenvalue weighted by Gasteiger charge is -2.10. The molecule has 3 aromatic heterocycles. The molecule has 1 aromatic carbocycles. The fourth-order valence-electron chi connectivity index (χ4n) is 2.84. The smallest absolute Gasteiger partial charge is 0.192 e. The van der Waals surface area contributed by atoms with Crippen LogP contribution >= 0.6 is 34.7 Å². The second-order valence-corrected chi connectivity index (χ2v) is 9.25. The Hall–Kier alpha value is -2.29. The van der Waals surface area contributed by atoms with Crippen LogP contribution < -0.4 is 4.74 Å². The number of hydrogen-bond donors (Lipinski definition) is 0. The number of benzene rings is 1. The van der Waals surface area contributed by atoms with Crippen LogP contribution in [0.25, 0.3) is 0 Å². The summed E-state index contributed by atoms with van der Waals surface area (Å²) in [6.45, 7) is 5.28. The summed E-state index contributed by atoms with van der Waals surface area (Å²) in [7, 11) is 0. The third kappa shape index (κ3) is 5.24. The van der Waals surface area contributed by atoms with E-state index in [-0.39, 0.29) is 5.92 Å². The number of hydrogen-bond acceptors (Lipinski definition) is 7.